The van der Waals surface area contributed by atoms with Crippen LogP contribution in [0.15, 0.2) is 41.3 Å². The SMILES string of the molecule is O=[N+]([O-])c1ccc2nc(CSc3ccc4c(c3)CCC4)[nH]c2c1. The first kappa shape index (κ1) is 14.3. The van der Waals surface area contributed by atoms with Gasteiger partial charge in [-0.1, -0.05) is 6.07 Å². The first-order valence-corrected chi connectivity index (χ1v) is 8.55. The van der Waals surface area contributed by atoms with Crippen molar-refractivity contribution in [3.05, 3.63) is 63.5 Å². The molecule has 6 heteroatoms. The third-order valence-electron chi connectivity index (χ3n) is 4.17. The van der Waals surface area contributed by atoms with E-state index < -0.39 is 0 Å². The molecule has 0 fully saturated rings. The molecule has 116 valence electrons. The molecule has 1 N–H and O–H groups in total. The van der Waals surface area contributed by atoms with Crippen molar-refractivity contribution in [2.24, 2.45) is 0 Å². The van der Waals surface area contributed by atoms with E-state index in [0.717, 1.165) is 17.1 Å². The zero-order valence-corrected chi connectivity index (χ0v) is 13.2. The molecule has 0 amide bonds. The van der Waals surface area contributed by atoms with Crippen molar-refractivity contribution in [3.63, 3.8) is 0 Å². The number of hydrogen-bond acceptors (Lipinski definition) is 4. The van der Waals surface area contributed by atoms with Crippen molar-refractivity contribution < 1.29 is 4.92 Å². The molecule has 1 aliphatic rings. The lowest BCUT2D eigenvalue weighted by atomic mass is 10.1. The average Bonchev–Trinajstić information content (AvgIpc) is 3.17. The highest BCUT2D eigenvalue weighted by molar-refractivity contribution is 7.98. The van der Waals surface area contributed by atoms with Crippen LogP contribution in [0, 0.1) is 10.1 Å². The molecular weight excluding hydrogens is 310 g/mol. The van der Waals surface area contributed by atoms with Crippen LogP contribution in [0.3, 0.4) is 0 Å². The van der Waals surface area contributed by atoms with Gasteiger partial charge in [0, 0.05) is 17.0 Å². The van der Waals surface area contributed by atoms with Crippen LogP contribution in [0.1, 0.15) is 23.4 Å². The van der Waals surface area contributed by atoms with Crippen LogP contribution in [0.2, 0.25) is 0 Å². The van der Waals surface area contributed by atoms with Crippen LogP contribution in [-0.2, 0) is 18.6 Å². The van der Waals surface area contributed by atoms with Crippen molar-refractivity contribution in [2.75, 3.05) is 0 Å². The Bertz CT molecular complexity index is 904. The summed E-state index contributed by atoms with van der Waals surface area (Å²) in [5, 5.41) is 10.8. The van der Waals surface area contributed by atoms with E-state index in [1.165, 1.54) is 47.4 Å². The fourth-order valence-corrected chi connectivity index (χ4v) is 3.85. The van der Waals surface area contributed by atoms with Crippen molar-refractivity contribution in [1.82, 2.24) is 9.97 Å². The van der Waals surface area contributed by atoms with Gasteiger partial charge in [0.2, 0.25) is 0 Å². The molecule has 0 atom stereocenters. The van der Waals surface area contributed by atoms with Crippen LogP contribution in [0.25, 0.3) is 11.0 Å². The lowest BCUT2D eigenvalue weighted by Crippen LogP contribution is -1.86. The Balaban J connectivity index is 1.52. The quantitative estimate of drug-likeness (QED) is 0.442. The van der Waals surface area contributed by atoms with Gasteiger partial charge in [-0.15, -0.1) is 11.8 Å². The van der Waals surface area contributed by atoms with Gasteiger partial charge in [0.15, 0.2) is 0 Å². The van der Waals surface area contributed by atoms with Crippen molar-refractivity contribution >= 4 is 28.5 Å². The third kappa shape index (κ3) is 2.82. The summed E-state index contributed by atoms with van der Waals surface area (Å²) in [5.74, 6) is 1.56. The molecule has 0 saturated carbocycles. The summed E-state index contributed by atoms with van der Waals surface area (Å²) in [6.07, 6.45) is 3.63. The summed E-state index contributed by atoms with van der Waals surface area (Å²) in [4.78, 5) is 19.4. The average molecular weight is 325 g/mol. The first-order chi connectivity index (χ1) is 11.2. The number of H-pyrrole nitrogens is 1. The number of aromatic amines is 1. The summed E-state index contributed by atoms with van der Waals surface area (Å²) in [7, 11) is 0. The van der Waals surface area contributed by atoms with E-state index in [2.05, 4.69) is 28.2 Å². The van der Waals surface area contributed by atoms with Gasteiger partial charge < -0.3 is 4.98 Å². The third-order valence-corrected chi connectivity index (χ3v) is 5.18. The molecule has 3 aromatic rings. The van der Waals surface area contributed by atoms with Gasteiger partial charge in [0.25, 0.3) is 5.69 Å². The highest BCUT2D eigenvalue weighted by atomic mass is 32.2. The van der Waals surface area contributed by atoms with Crippen molar-refractivity contribution in [2.45, 2.75) is 29.9 Å². The Hall–Kier alpha value is -2.34. The topological polar surface area (TPSA) is 71.8 Å². The molecule has 4 rings (SSSR count). The first-order valence-electron chi connectivity index (χ1n) is 7.57. The van der Waals surface area contributed by atoms with E-state index in [9.17, 15) is 10.1 Å². The van der Waals surface area contributed by atoms with Gasteiger partial charge in [-0.2, -0.15) is 0 Å². The number of thioether (sulfide) groups is 1. The number of hydrogen-bond donors (Lipinski definition) is 1. The maximum atomic E-state index is 10.8. The lowest BCUT2D eigenvalue weighted by Gasteiger charge is -2.03. The zero-order valence-electron chi connectivity index (χ0n) is 12.4. The number of rotatable bonds is 4. The van der Waals surface area contributed by atoms with E-state index in [4.69, 9.17) is 0 Å². The fourth-order valence-electron chi connectivity index (χ4n) is 3.02. The predicted molar refractivity (Wildman–Crippen MR) is 90.8 cm³/mol. The van der Waals surface area contributed by atoms with Crippen LogP contribution in [0.5, 0.6) is 0 Å². The number of benzene rings is 2. The summed E-state index contributed by atoms with van der Waals surface area (Å²) in [5.41, 5.74) is 4.50. The van der Waals surface area contributed by atoms with Crippen LogP contribution >= 0.6 is 11.8 Å². The molecule has 1 heterocycles. The number of nitrogens with one attached hydrogen (secondary N) is 1. The molecule has 0 bridgehead atoms. The molecule has 1 aliphatic carbocycles. The fraction of sp³-hybridized carbons (Fsp3) is 0.235. The number of nitro groups is 1. The van der Waals surface area contributed by atoms with Crippen molar-refractivity contribution in [1.29, 1.82) is 0 Å². The van der Waals surface area contributed by atoms with E-state index in [-0.39, 0.29) is 10.6 Å². The largest absolute Gasteiger partial charge is 0.341 e. The zero-order chi connectivity index (χ0) is 15.8. The number of imidazole rings is 1. The lowest BCUT2D eigenvalue weighted by molar-refractivity contribution is -0.384. The molecule has 0 aliphatic heterocycles. The Morgan fingerprint density at radius 2 is 2.04 bits per heavy atom. The maximum absolute atomic E-state index is 10.8. The minimum Gasteiger partial charge on any atom is -0.341 e. The van der Waals surface area contributed by atoms with Gasteiger partial charge in [0.1, 0.15) is 5.82 Å². The van der Waals surface area contributed by atoms with E-state index in [0.29, 0.717) is 5.52 Å². The van der Waals surface area contributed by atoms with E-state index in [1.807, 2.05) is 0 Å². The second-order valence-electron chi connectivity index (χ2n) is 5.71. The van der Waals surface area contributed by atoms with Gasteiger partial charge in [-0.25, -0.2) is 4.98 Å². The smallest absolute Gasteiger partial charge is 0.271 e. The summed E-state index contributed by atoms with van der Waals surface area (Å²) >= 11 is 1.74. The molecule has 0 spiro atoms. The molecule has 0 radical (unpaired) electrons. The highest BCUT2D eigenvalue weighted by Gasteiger charge is 2.12. The number of non-ortho nitro benzene ring substituents is 1. The Morgan fingerprint density at radius 1 is 1.17 bits per heavy atom. The Labute approximate surface area is 137 Å². The normalized spacial score (nSPS) is 13.4. The summed E-state index contributed by atoms with van der Waals surface area (Å²) in [6, 6.07) is 11.4. The number of nitro benzene ring substituents is 1. The highest BCUT2D eigenvalue weighted by Crippen LogP contribution is 2.29. The van der Waals surface area contributed by atoms with Crippen molar-refractivity contribution in [3.8, 4) is 0 Å². The number of aryl methyl sites for hydroxylation is 2. The second-order valence-corrected chi connectivity index (χ2v) is 6.76. The molecule has 1 aromatic heterocycles. The Morgan fingerprint density at radius 3 is 2.91 bits per heavy atom. The number of nitrogens with zero attached hydrogens (tertiary/aromatic N) is 2. The number of aromatic nitrogens is 2. The van der Waals surface area contributed by atoms with Crippen LogP contribution in [0.4, 0.5) is 5.69 Å². The monoisotopic (exact) mass is 325 g/mol. The minimum absolute atomic E-state index is 0.0824. The molecular formula is C17H15N3O2S. The van der Waals surface area contributed by atoms with Gasteiger partial charge in [-0.05, 0) is 48.6 Å². The molecule has 0 unspecified atom stereocenters. The standard InChI is InChI=1S/C17H15N3O2S/c21-20(22)13-5-7-15-16(9-13)19-17(18-15)10-23-14-6-4-11-2-1-3-12(11)8-14/h4-9H,1-3,10H2,(H,18,19). The summed E-state index contributed by atoms with van der Waals surface area (Å²) < 4.78 is 0. The molecule has 23 heavy (non-hydrogen) atoms. The Kier molecular flexibility index (Phi) is 3.53. The van der Waals surface area contributed by atoms with Crippen LogP contribution in [-0.4, -0.2) is 14.9 Å². The second kappa shape index (κ2) is 5.70. The minimum atomic E-state index is -0.390. The van der Waals surface area contributed by atoms with Crippen LogP contribution < -0.4 is 0 Å². The number of fused-ring (bicyclic) bond motifs is 2. The molecule has 2 aromatic carbocycles. The van der Waals surface area contributed by atoms with Gasteiger partial charge in [0.05, 0.1) is 21.7 Å². The maximum Gasteiger partial charge on any atom is 0.271 e. The van der Waals surface area contributed by atoms with Gasteiger partial charge in [-0.3, -0.25) is 10.1 Å². The molecule has 5 nitrogen and oxygen atoms in total. The van der Waals surface area contributed by atoms with Gasteiger partial charge >= 0.3 is 0 Å². The van der Waals surface area contributed by atoms with E-state index in [1.54, 1.807) is 17.8 Å². The molecule has 0 saturated heterocycles. The predicted octanol–water partition coefficient (Wildman–Crippen LogP) is 4.25. The summed E-state index contributed by atoms with van der Waals surface area (Å²) in [6.45, 7) is 0. The van der Waals surface area contributed by atoms with E-state index >= 15 is 0 Å².